The molecule has 0 N–H and O–H groups in total. The van der Waals surface area contributed by atoms with Crippen LogP contribution >= 0.6 is 0 Å². The molecule has 37 heavy (non-hydrogen) atoms. The monoisotopic (exact) mass is 475 g/mol. The molecular formula is C36H29N. The Morgan fingerprint density at radius 3 is 2.03 bits per heavy atom. The summed E-state index contributed by atoms with van der Waals surface area (Å²) in [5.74, 6) is 0.509. The Morgan fingerprint density at radius 1 is 0.676 bits per heavy atom. The predicted molar refractivity (Wildman–Crippen MR) is 155 cm³/mol. The van der Waals surface area contributed by atoms with Crippen molar-refractivity contribution in [2.75, 3.05) is 4.90 Å². The molecule has 1 aliphatic heterocycles. The van der Waals surface area contributed by atoms with Gasteiger partial charge in [0.1, 0.15) is 0 Å². The molecule has 7 rings (SSSR count). The van der Waals surface area contributed by atoms with Crippen LogP contribution in [0.4, 0.5) is 11.4 Å². The number of benzene rings is 5. The van der Waals surface area contributed by atoms with Gasteiger partial charge in [0.05, 0.1) is 6.04 Å². The minimum Gasteiger partial charge on any atom is -0.333 e. The fraction of sp³-hybridized carbons (Fsp3) is 0.111. The molecule has 0 amide bonds. The van der Waals surface area contributed by atoms with Crippen LogP contribution in [0.2, 0.25) is 0 Å². The van der Waals surface area contributed by atoms with Crippen LogP contribution in [0.3, 0.4) is 0 Å². The fourth-order valence-corrected chi connectivity index (χ4v) is 6.28. The number of aryl methyl sites for hydroxylation is 1. The summed E-state index contributed by atoms with van der Waals surface area (Å²) in [6.45, 7) is 2.21. The highest BCUT2D eigenvalue weighted by Gasteiger charge is 2.45. The van der Waals surface area contributed by atoms with Crippen LogP contribution in [-0.2, 0) is 6.42 Å². The fourth-order valence-electron chi connectivity index (χ4n) is 6.28. The standard InChI is InChI=1S/C36H29N/c1-25-16-21-35-33(22-25)34-24-29-14-8-9-15-31(29)36(34)37(35)30-19-17-26(18-20-30)23-32(27-10-4-2-5-11-27)28-12-6-3-7-13-28/h2-23,34,36H,24H2,1H3. The minimum atomic E-state index is 0.360. The zero-order valence-corrected chi connectivity index (χ0v) is 21.0. The summed E-state index contributed by atoms with van der Waals surface area (Å²) in [4.78, 5) is 2.58. The molecule has 2 unspecified atom stereocenters. The number of anilines is 2. The van der Waals surface area contributed by atoms with Crippen LogP contribution in [0.5, 0.6) is 0 Å². The SMILES string of the molecule is Cc1ccc2c(c1)C1Cc3ccccc3C1N2c1ccc(C=C(c2ccccc2)c2ccccc2)cc1. The topological polar surface area (TPSA) is 3.24 Å². The summed E-state index contributed by atoms with van der Waals surface area (Å²) in [7, 11) is 0. The number of fused-ring (bicyclic) bond motifs is 5. The van der Waals surface area contributed by atoms with Gasteiger partial charge in [-0.05, 0) is 76.6 Å². The van der Waals surface area contributed by atoms with E-state index < -0.39 is 0 Å². The normalized spacial score (nSPS) is 17.2. The highest BCUT2D eigenvalue weighted by Crippen LogP contribution is 2.57. The minimum absolute atomic E-state index is 0.360. The Bertz CT molecular complexity index is 1550. The van der Waals surface area contributed by atoms with Gasteiger partial charge in [-0.15, -0.1) is 0 Å². The van der Waals surface area contributed by atoms with Crippen LogP contribution in [-0.4, -0.2) is 0 Å². The van der Waals surface area contributed by atoms with E-state index in [9.17, 15) is 0 Å². The van der Waals surface area contributed by atoms with E-state index in [0.29, 0.717) is 12.0 Å². The van der Waals surface area contributed by atoms with E-state index in [1.54, 1.807) is 0 Å². The third kappa shape index (κ3) is 3.79. The lowest BCUT2D eigenvalue weighted by molar-refractivity contribution is 0.633. The largest absolute Gasteiger partial charge is 0.333 e. The van der Waals surface area contributed by atoms with Crippen molar-refractivity contribution in [1.29, 1.82) is 0 Å². The second kappa shape index (κ2) is 8.94. The summed E-state index contributed by atoms with van der Waals surface area (Å²) >= 11 is 0. The summed E-state index contributed by atoms with van der Waals surface area (Å²) in [5, 5.41) is 0. The molecule has 0 fully saturated rings. The van der Waals surface area contributed by atoms with Crippen molar-refractivity contribution >= 4 is 23.0 Å². The van der Waals surface area contributed by atoms with Crippen LogP contribution in [0.15, 0.2) is 127 Å². The van der Waals surface area contributed by atoms with Crippen LogP contribution in [0.25, 0.3) is 11.6 Å². The highest BCUT2D eigenvalue weighted by molar-refractivity contribution is 5.91. The van der Waals surface area contributed by atoms with Gasteiger partial charge in [-0.1, -0.05) is 115 Å². The molecule has 1 heteroatoms. The molecule has 5 aromatic rings. The first-order valence-corrected chi connectivity index (χ1v) is 13.2. The second-order valence-electron chi connectivity index (χ2n) is 10.3. The van der Waals surface area contributed by atoms with Gasteiger partial charge < -0.3 is 4.90 Å². The first-order chi connectivity index (χ1) is 18.3. The molecule has 178 valence electrons. The molecule has 1 heterocycles. The third-order valence-corrected chi connectivity index (χ3v) is 7.97. The molecule has 2 aliphatic rings. The van der Waals surface area contributed by atoms with Gasteiger partial charge >= 0.3 is 0 Å². The lowest BCUT2D eigenvalue weighted by Crippen LogP contribution is -2.19. The first kappa shape index (κ1) is 21.9. The van der Waals surface area contributed by atoms with Gasteiger partial charge in [-0.3, -0.25) is 0 Å². The molecule has 1 aliphatic carbocycles. The highest BCUT2D eigenvalue weighted by atomic mass is 15.2. The predicted octanol–water partition coefficient (Wildman–Crippen LogP) is 9.12. The Balaban J connectivity index is 1.30. The molecule has 0 saturated carbocycles. The van der Waals surface area contributed by atoms with Crippen LogP contribution in [0.1, 0.15) is 50.9 Å². The maximum absolute atomic E-state index is 2.58. The molecule has 0 saturated heterocycles. The van der Waals surface area contributed by atoms with E-state index in [0.717, 1.165) is 6.42 Å². The van der Waals surface area contributed by atoms with Crippen molar-refractivity contribution < 1.29 is 0 Å². The summed E-state index contributed by atoms with van der Waals surface area (Å²) < 4.78 is 0. The average molecular weight is 476 g/mol. The van der Waals surface area contributed by atoms with E-state index >= 15 is 0 Å². The van der Waals surface area contributed by atoms with Crippen LogP contribution in [0, 0.1) is 6.92 Å². The van der Waals surface area contributed by atoms with Crippen molar-refractivity contribution in [1.82, 2.24) is 0 Å². The molecule has 5 aromatic carbocycles. The number of hydrogen-bond acceptors (Lipinski definition) is 1. The molecule has 0 aromatic heterocycles. The summed E-state index contributed by atoms with van der Waals surface area (Å²) in [6, 6.07) is 46.8. The second-order valence-corrected chi connectivity index (χ2v) is 10.3. The molecule has 2 atom stereocenters. The molecular weight excluding hydrogens is 446 g/mol. The van der Waals surface area contributed by atoms with Crippen molar-refractivity contribution in [3.63, 3.8) is 0 Å². The van der Waals surface area contributed by atoms with Gasteiger partial charge in [-0.25, -0.2) is 0 Å². The molecule has 0 radical (unpaired) electrons. The third-order valence-electron chi connectivity index (χ3n) is 7.97. The van der Waals surface area contributed by atoms with Crippen molar-refractivity contribution in [3.05, 3.63) is 166 Å². The zero-order chi connectivity index (χ0) is 24.8. The lowest BCUT2D eigenvalue weighted by Gasteiger charge is -2.28. The number of hydrogen-bond donors (Lipinski definition) is 0. The van der Waals surface area contributed by atoms with E-state index in [2.05, 4.69) is 145 Å². The van der Waals surface area contributed by atoms with Gasteiger partial charge in [-0.2, -0.15) is 0 Å². The Labute approximate surface area is 219 Å². The number of rotatable bonds is 4. The summed E-state index contributed by atoms with van der Waals surface area (Å²) in [6.07, 6.45) is 3.43. The van der Waals surface area contributed by atoms with E-state index in [-0.39, 0.29) is 0 Å². The Kier molecular flexibility index (Phi) is 5.29. The van der Waals surface area contributed by atoms with E-state index in [4.69, 9.17) is 0 Å². The lowest BCUT2D eigenvalue weighted by atomic mass is 9.94. The molecule has 1 nitrogen and oxygen atoms in total. The van der Waals surface area contributed by atoms with Crippen LogP contribution < -0.4 is 4.90 Å². The quantitative estimate of drug-likeness (QED) is 0.234. The average Bonchev–Trinajstić information content (AvgIpc) is 3.48. The van der Waals surface area contributed by atoms with E-state index in [1.165, 1.54) is 55.9 Å². The van der Waals surface area contributed by atoms with Gasteiger partial charge in [0.15, 0.2) is 0 Å². The van der Waals surface area contributed by atoms with Gasteiger partial charge in [0.2, 0.25) is 0 Å². The Hall–Kier alpha value is -4.36. The zero-order valence-electron chi connectivity index (χ0n) is 21.0. The van der Waals surface area contributed by atoms with Gasteiger partial charge in [0, 0.05) is 17.3 Å². The molecule has 0 spiro atoms. The number of nitrogens with zero attached hydrogens (tertiary/aromatic N) is 1. The summed E-state index contributed by atoms with van der Waals surface area (Å²) in [5.41, 5.74) is 13.3. The smallest absolute Gasteiger partial charge is 0.0666 e. The van der Waals surface area contributed by atoms with Crippen molar-refractivity contribution in [2.24, 2.45) is 0 Å². The Morgan fingerprint density at radius 2 is 1.32 bits per heavy atom. The van der Waals surface area contributed by atoms with E-state index in [1.807, 2.05) is 0 Å². The maximum Gasteiger partial charge on any atom is 0.0666 e. The molecule has 0 bridgehead atoms. The maximum atomic E-state index is 2.58. The van der Waals surface area contributed by atoms with Gasteiger partial charge in [0.25, 0.3) is 0 Å². The van der Waals surface area contributed by atoms with Crippen molar-refractivity contribution in [2.45, 2.75) is 25.3 Å². The first-order valence-electron chi connectivity index (χ1n) is 13.2. The van der Waals surface area contributed by atoms with Crippen molar-refractivity contribution in [3.8, 4) is 0 Å².